The van der Waals surface area contributed by atoms with Crippen LogP contribution in [-0.4, -0.2) is 29.4 Å². The second-order valence-corrected chi connectivity index (χ2v) is 7.09. The average molecular weight is 359 g/mol. The number of fused-ring (bicyclic) bond motifs is 1. The van der Waals surface area contributed by atoms with E-state index in [0.717, 1.165) is 22.7 Å². The zero-order valence-corrected chi connectivity index (χ0v) is 15.4. The van der Waals surface area contributed by atoms with Crippen molar-refractivity contribution in [1.29, 1.82) is 0 Å². The smallest absolute Gasteiger partial charge is 0.270 e. The topological polar surface area (TPSA) is 71.5 Å². The molecular formula is C18H21N3O3S. The lowest BCUT2D eigenvalue weighted by Gasteiger charge is -2.29. The Morgan fingerprint density at radius 2 is 2.28 bits per heavy atom. The lowest BCUT2D eigenvalue weighted by atomic mass is 10.1. The van der Waals surface area contributed by atoms with Crippen LogP contribution in [0.2, 0.25) is 0 Å². The zero-order chi connectivity index (χ0) is 18.0. The van der Waals surface area contributed by atoms with Crippen molar-refractivity contribution < 1.29 is 14.3 Å². The maximum atomic E-state index is 12.3. The first-order valence-electron chi connectivity index (χ1n) is 8.27. The van der Waals surface area contributed by atoms with Crippen LogP contribution < -0.4 is 15.0 Å². The molecule has 0 fully saturated rings. The highest BCUT2D eigenvalue weighted by Crippen LogP contribution is 2.34. The highest BCUT2D eigenvalue weighted by atomic mass is 32.1. The Kier molecular flexibility index (Phi) is 5.03. The first kappa shape index (κ1) is 17.4. The second-order valence-electron chi connectivity index (χ2n) is 6.15. The third-order valence-corrected chi connectivity index (χ3v) is 4.96. The van der Waals surface area contributed by atoms with E-state index in [4.69, 9.17) is 4.74 Å². The van der Waals surface area contributed by atoms with Gasteiger partial charge in [-0.05, 0) is 38.0 Å². The summed E-state index contributed by atoms with van der Waals surface area (Å²) >= 11 is 1.38. The van der Waals surface area contributed by atoms with Crippen LogP contribution in [0.4, 0.5) is 5.69 Å². The van der Waals surface area contributed by atoms with Crippen LogP contribution in [0.1, 0.15) is 41.3 Å². The van der Waals surface area contributed by atoms with Crippen molar-refractivity contribution in [1.82, 2.24) is 10.3 Å². The summed E-state index contributed by atoms with van der Waals surface area (Å²) in [5.41, 5.74) is 2.19. The predicted octanol–water partition coefficient (Wildman–Crippen LogP) is 2.91. The summed E-state index contributed by atoms with van der Waals surface area (Å²) in [5, 5.41) is 5.35. The van der Waals surface area contributed by atoms with Crippen LogP contribution in [0.5, 0.6) is 5.75 Å². The van der Waals surface area contributed by atoms with Crippen molar-refractivity contribution >= 4 is 28.8 Å². The number of benzene rings is 1. The van der Waals surface area contributed by atoms with Crippen LogP contribution >= 0.6 is 11.3 Å². The van der Waals surface area contributed by atoms with Gasteiger partial charge in [0.05, 0.1) is 12.2 Å². The molecule has 0 aliphatic carbocycles. The molecule has 0 saturated carbocycles. The summed E-state index contributed by atoms with van der Waals surface area (Å²) in [5.74, 6) is 0.400. The van der Waals surface area contributed by atoms with Crippen LogP contribution in [0.3, 0.4) is 0 Å². The minimum absolute atomic E-state index is 0.0167. The molecule has 2 amide bonds. The number of nitrogens with one attached hydrogen (secondary N) is 1. The highest BCUT2D eigenvalue weighted by molar-refractivity contribution is 7.09. The predicted molar refractivity (Wildman–Crippen MR) is 97.2 cm³/mol. The van der Waals surface area contributed by atoms with Crippen LogP contribution in [0, 0.1) is 6.92 Å². The molecule has 1 atom stereocenters. The molecular weight excluding hydrogens is 338 g/mol. The van der Waals surface area contributed by atoms with E-state index in [9.17, 15) is 9.59 Å². The van der Waals surface area contributed by atoms with Crippen LogP contribution in [0.25, 0.3) is 0 Å². The number of amides is 2. The second kappa shape index (κ2) is 7.23. The Morgan fingerprint density at radius 1 is 1.48 bits per heavy atom. The molecule has 1 unspecified atom stereocenters. The van der Waals surface area contributed by atoms with Gasteiger partial charge >= 0.3 is 0 Å². The van der Waals surface area contributed by atoms with Crippen molar-refractivity contribution in [3.8, 4) is 5.75 Å². The van der Waals surface area contributed by atoms with Gasteiger partial charge < -0.3 is 10.1 Å². The van der Waals surface area contributed by atoms with Crippen LogP contribution in [0.15, 0.2) is 23.6 Å². The summed E-state index contributed by atoms with van der Waals surface area (Å²) in [6, 6.07) is 5.86. The molecule has 0 radical (unpaired) electrons. The van der Waals surface area contributed by atoms with Crippen molar-refractivity contribution in [2.45, 2.75) is 39.8 Å². The lowest BCUT2D eigenvalue weighted by Crippen LogP contribution is -2.38. The Labute approximate surface area is 150 Å². The number of hydrogen-bond acceptors (Lipinski definition) is 5. The van der Waals surface area contributed by atoms with Crippen LogP contribution in [-0.2, 0) is 11.3 Å². The van der Waals surface area contributed by atoms with Crippen molar-refractivity contribution in [2.75, 3.05) is 11.5 Å². The third-order valence-electron chi connectivity index (χ3n) is 4.13. The van der Waals surface area contributed by atoms with E-state index < -0.39 is 0 Å². The fourth-order valence-corrected chi connectivity index (χ4v) is 3.27. The Hall–Kier alpha value is -2.41. The summed E-state index contributed by atoms with van der Waals surface area (Å²) in [6.45, 7) is 6.29. The zero-order valence-electron chi connectivity index (χ0n) is 14.5. The Balaban J connectivity index is 1.78. The summed E-state index contributed by atoms with van der Waals surface area (Å²) in [7, 11) is 0. The SMILES string of the molecule is CCC(C)NC(=O)c1csc(CN2C(=O)COc3ccc(C)cc32)n1. The number of carbonyl (C=O) groups is 2. The Morgan fingerprint density at radius 3 is 3.04 bits per heavy atom. The Bertz CT molecular complexity index is 803. The van der Waals surface area contributed by atoms with Crippen molar-refractivity contribution in [3.63, 3.8) is 0 Å². The van der Waals surface area contributed by atoms with Gasteiger partial charge in [-0.1, -0.05) is 13.0 Å². The van der Waals surface area contributed by atoms with E-state index >= 15 is 0 Å². The molecule has 1 aromatic carbocycles. The number of aryl methyl sites for hydroxylation is 1. The minimum Gasteiger partial charge on any atom is -0.482 e. The summed E-state index contributed by atoms with van der Waals surface area (Å²) < 4.78 is 5.49. The van der Waals surface area contributed by atoms with E-state index in [1.54, 1.807) is 10.3 Å². The quantitative estimate of drug-likeness (QED) is 0.891. The largest absolute Gasteiger partial charge is 0.482 e. The normalized spacial score (nSPS) is 14.7. The third kappa shape index (κ3) is 3.82. The van der Waals surface area contributed by atoms with Crippen molar-refractivity contribution in [3.05, 3.63) is 39.8 Å². The van der Waals surface area contributed by atoms with Gasteiger partial charge in [0.2, 0.25) is 0 Å². The molecule has 1 aromatic heterocycles. The number of anilines is 1. The van der Waals surface area contributed by atoms with Gasteiger partial charge in [0.15, 0.2) is 6.61 Å². The van der Waals surface area contributed by atoms with E-state index in [-0.39, 0.29) is 24.5 Å². The number of nitrogens with zero attached hydrogens (tertiary/aromatic N) is 2. The van der Waals surface area contributed by atoms with Gasteiger partial charge in [0, 0.05) is 11.4 Å². The fourth-order valence-electron chi connectivity index (χ4n) is 2.51. The fraction of sp³-hybridized carbons (Fsp3) is 0.389. The molecule has 0 bridgehead atoms. The molecule has 1 aliphatic rings. The monoisotopic (exact) mass is 359 g/mol. The molecule has 0 spiro atoms. The highest BCUT2D eigenvalue weighted by Gasteiger charge is 2.27. The first-order chi connectivity index (χ1) is 12.0. The molecule has 7 heteroatoms. The number of thiazole rings is 1. The van der Waals surface area contributed by atoms with E-state index in [0.29, 0.717) is 18.0 Å². The molecule has 2 aromatic rings. The maximum Gasteiger partial charge on any atom is 0.270 e. The minimum atomic E-state index is -0.179. The number of carbonyl (C=O) groups excluding carboxylic acids is 2. The molecule has 1 aliphatic heterocycles. The van der Waals surface area contributed by atoms with E-state index in [2.05, 4.69) is 10.3 Å². The van der Waals surface area contributed by atoms with E-state index in [1.165, 1.54) is 11.3 Å². The lowest BCUT2D eigenvalue weighted by molar-refractivity contribution is -0.121. The molecule has 2 heterocycles. The van der Waals surface area contributed by atoms with Gasteiger partial charge in [0.25, 0.3) is 11.8 Å². The molecule has 25 heavy (non-hydrogen) atoms. The maximum absolute atomic E-state index is 12.3. The number of aromatic nitrogens is 1. The molecule has 3 rings (SSSR count). The average Bonchev–Trinajstić information content (AvgIpc) is 3.06. The van der Waals surface area contributed by atoms with Gasteiger partial charge in [-0.15, -0.1) is 11.3 Å². The molecule has 6 nitrogen and oxygen atoms in total. The van der Waals surface area contributed by atoms with Gasteiger partial charge in [-0.25, -0.2) is 4.98 Å². The van der Waals surface area contributed by atoms with E-state index in [1.807, 2.05) is 39.0 Å². The number of ether oxygens (including phenoxy) is 1. The number of hydrogen-bond donors (Lipinski definition) is 1. The standard InChI is InChI=1S/C18H21N3O3S/c1-4-12(3)19-18(23)13-10-25-16(20-13)8-21-14-7-11(2)5-6-15(14)24-9-17(21)22/h5-7,10,12H,4,8-9H2,1-3H3,(H,19,23). The number of rotatable bonds is 5. The van der Waals surface area contributed by atoms with Gasteiger partial charge in [-0.3, -0.25) is 14.5 Å². The molecule has 0 saturated heterocycles. The van der Waals surface area contributed by atoms with Crippen molar-refractivity contribution in [2.24, 2.45) is 0 Å². The molecule has 132 valence electrons. The first-order valence-corrected chi connectivity index (χ1v) is 9.15. The van der Waals surface area contributed by atoms with Gasteiger partial charge in [0.1, 0.15) is 16.5 Å². The summed E-state index contributed by atoms with van der Waals surface area (Å²) in [6.07, 6.45) is 0.862. The summed E-state index contributed by atoms with van der Waals surface area (Å²) in [4.78, 5) is 30.5. The van der Waals surface area contributed by atoms with Gasteiger partial charge in [-0.2, -0.15) is 0 Å². The molecule has 1 N–H and O–H groups in total.